The van der Waals surface area contributed by atoms with Crippen LogP contribution in [0.4, 0.5) is 18.9 Å². The van der Waals surface area contributed by atoms with Gasteiger partial charge in [0.25, 0.3) is 0 Å². The van der Waals surface area contributed by atoms with E-state index in [1.54, 1.807) is 19.1 Å². The first-order chi connectivity index (χ1) is 19.0. The van der Waals surface area contributed by atoms with E-state index in [-0.39, 0.29) is 35.3 Å². The van der Waals surface area contributed by atoms with E-state index < -0.39 is 46.6 Å². The van der Waals surface area contributed by atoms with Crippen molar-refractivity contribution < 1.29 is 41.8 Å². The number of aromatic nitrogens is 1. The Labute approximate surface area is 233 Å². The molecule has 0 spiro atoms. The quantitative estimate of drug-likeness (QED) is 0.320. The number of benzene rings is 2. The summed E-state index contributed by atoms with van der Waals surface area (Å²) in [6.45, 7) is 1.49. The number of thiazole rings is 1. The van der Waals surface area contributed by atoms with Crippen LogP contribution in [0.3, 0.4) is 0 Å². The van der Waals surface area contributed by atoms with Crippen molar-refractivity contribution in [1.29, 1.82) is 0 Å². The van der Waals surface area contributed by atoms with Crippen LogP contribution < -0.4 is 19.2 Å². The van der Waals surface area contributed by atoms with E-state index in [0.29, 0.717) is 15.5 Å². The molecule has 1 fully saturated rings. The smallest absolute Gasteiger partial charge is 0.416 e. The Balaban J connectivity index is 1.55. The third kappa shape index (κ3) is 4.96. The highest BCUT2D eigenvalue weighted by Crippen LogP contribution is 2.54. The van der Waals surface area contributed by atoms with Gasteiger partial charge in [-0.1, -0.05) is 35.2 Å². The number of methoxy groups -OCH3 is 1. The van der Waals surface area contributed by atoms with Crippen LogP contribution in [0, 0.1) is 5.92 Å². The number of esters is 1. The maximum atomic E-state index is 13.8. The van der Waals surface area contributed by atoms with Crippen molar-refractivity contribution in [1.82, 2.24) is 4.98 Å². The lowest BCUT2D eigenvalue weighted by Gasteiger charge is -2.30. The van der Waals surface area contributed by atoms with Crippen LogP contribution in [0.2, 0.25) is 0 Å². The molecule has 0 aliphatic carbocycles. The second-order valence-electron chi connectivity index (χ2n) is 8.81. The maximum absolute atomic E-state index is 13.8. The van der Waals surface area contributed by atoms with Crippen LogP contribution in [0.15, 0.2) is 52.3 Å². The Kier molecular flexibility index (Phi) is 7.40. The van der Waals surface area contributed by atoms with E-state index in [9.17, 15) is 32.3 Å². The molecule has 1 aromatic heterocycles. The molecule has 9 nitrogen and oxygen atoms in total. The minimum atomic E-state index is -4.66. The van der Waals surface area contributed by atoms with Crippen LogP contribution in [0.1, 0.15) is 28.8 Å². The molecule has 2 aromatic carbocycles. The first-order valence-electron chi connectivity index (χ1n) is 11.9. The second-order valence-corrected chi connectivity index (χ2v) is 11.0. The molecular formula is C26H21F3N2O7S2. The molecule has 1 N–H and O–H groups in total. The number of rotatable bonds is 7. The molecule has 210 valence electrons. The molecule has 2 aliphatic heterocycles. The standard InChI is InChI=1S/C26H21F3N2O7S2/c1-3-37-17(32)11-38-15-8-7-12(9-16(15)36-2)18-19-21(39-22-20(18)40-25(35)30-22)24(34)31(23(19)33)14-6-4-5-13(10-14)26(27,28)29/h4-10,18-19,21H,3,11H2,1-2H3,(H,30,35). The maximum Gasteiger partial charge on any atom is 0.416 e. The van der Waals surface area contributed by atoms with Crippen molar-refractivity contribution >= 4 is 46.6 Å². The lowest BCUT2D eigenvalue weighted by molar-refractivity contribution is -0.145. The van der Waals surface area contributed by atoms with Crippen molar-refractivity contribution in [2.75, 3.05) is 25.2 Å². The predicted octanol–water partition coefficient (Wildman–Crippen LogP) is 4.20. The molecule has 0 bridgehead atoms. The Morgan fingerprint density at radius 1 is 1.07 bits per heavy atom. The summed E-state index contributed by atoms with van der Waals surface area (Å²) >= 11 is 1.90. The number of hydrogen-bond acceptors (Lipinski definition) is 9. The van der Waals surface area contributed by atoms with Crippen LogP contribution in [-0.4, -0.2) is 48.3 Å². The summed E-state index contributed by atoms with van der Waals surface area (Å²) in [6, 6.07) is 8.78. The molecule has 3 unspecified atom stereocenters. The van der Waals surface area contributed by atoms with Crippen LogP contribution in [0.25, 0.3) is 0 Å². The first kappa shape index (κ1) is 27.8. The SMILES string of the molecule is CCOC(=O)COc1ccc(C2c3sc(=O)[nH]c3SC3C(=O)N(c4cccc(C(F)(F)F)c4)C(=O)C32)cc1OC. The number of ether oxygens (including phenoxy) is 3. The van der Waals surface area contributed by atoms with Gasteiger partial charge in [0.2, 0.25) is 11.8 Å². The first-order valence-corrected chi connectivity index (χ1v) is 13.6. The number of imide groups is 1. The molecule has 40 heavy (non-hydrogen) atoms. The van der Waals surface area contributed by atoms with E-state index in [0.717, 1.165) is 46.2 Å². The Hall–Kier alpha value is -3.78. The zero-order valence-corrected chi connectivity index (χ0v) is 22.6. The Morgan fingerprint density at radius 3 is 2.55 bits per heavy atom. The fourth-order valence-corrected chi connectivity index (χ4v) is 7.30. The topological polar surface area (TPSA) is 115 Å². The van der Waals surface area contributed by atoms with Gasteiger partial charge in [-0.3, -0.25) is 14.4 Å². The Morgan fingerprint density at radius 2 is 1.85 bits per heavy atom. The van der Waals surface area contributed by atoms with Gasteiger partial charge in [0, 0.05) is 10.8 Å². The Bertz CT molecular complexity index is 1550. The fraction of sp³-hybridized carbons (Fsp3) is 0.308. The zero-order chi connectivity index (χ0) is 28.8. The number of hydrogen-bond donors (Lipinski definition) is 1. The predicted molar refractivity (Wildman–Crippen MR) is 139 cm³/mol. The number of carbonyl (C=O) groups is 3. The summed E-state index contributed by atoms with van der Waals surface area (Å²) < 4.78 is 55.9. The van der Waals surface area contributed by atoms with Crippen LogP contribution in [0.5, 0.6) is 11.5 Å². The number of anilines is 1. The van der Waals surface area contributed by atoms with Gasteiger partial charge in [-0.2, -0.15) is 13.2 Å². The molecule has 3 aromatic rings. The highest BCUT2D eigenvalue weighted by Gasteiger charge is 2.56. The summed E-state index contributed by atoms with van der Waals surface area (Å²) in [5, 5.41) is -0.578. The van der Waals surface area contributed by atoms with E-state index in [4.69, 9.17) is 14.2 Å². The number of halogens is 3. The molecule has 3 atom stereocenters. The third-order valence-corrected chi connectivity index (χ3v) is 8.85. The number of thioether (sulfide) groups is 1. The van der Waals surface area contributed by atoms with Crippen molar-refractivity contribution in [2.24, 2.45) is 5.92 Å². The summed E-state index contributed by atoms with van der Waals surface area (Å²) in [4.78, 5) is 54.9. The molecule has 0 saturated carbocycles. The fourth-order valence-electron chi connectivity index (χ4n) is 4.79. The van der Waals surface area contributed by atoms with Crippen molar-refractivity contribution in [3.8, 4) is 11.5 Å². The minimum absolute atomic E-state index is 0.185. The van der Waals surface area contributed by atoms with E-state index >= 15 is 0 Å². The largest absolute Gasteiger partial charge is 0.493 e. The summed E-state index contributed by atoms with van der Waals surface area (Å²) in [5.74, 6) is -3.28. The second kappa shape index (κ2) is 10.7. The third-order valence-electron chi connectivity index (χ3n) is 6.45. The molecule has 2 amide bonds. The van der Waals surface area contributed by atoms with Gasteiger partial charge < -0.3 is 19.2 Å². The average molecular weight is 595 g/mol. The highest BCUT2D eigenvalue weighted by atomic mass is 32.2. The minimum Gasteiger partial charge on any atom is -0.493 e. The van der Waals surface area contributed by atoms with E-state index in [1.165, 1.54) is 19.2 Å². The van der Waals surface area contributed by atoms with Gasteiger partial charge in [-0.15, -0.1) is 0 Å². The molecule has 5 rings (SSSR count). The monoisotopic (exact) mass is 594 g/mol. The summed E-state index contributed by atoms with van der Waals surface area (Å²) in [6.07, 6.45) is -4.66. The van der Waals surface area contributed by atoms with Gasteiger partial charge in [-0.25, -0.2) is 9.69 Å². The van der Waals surface area contributed by atoms with Gasteiger partial charge in [0.15, 0.2) is 18.1 Å². The molecule has 0 radical (unpaired) electrons. The normalized spacial score (nSPS) is 20.2. The molecule has 1 saturated heterocycles. The van der Waals surface area contributed by atoms with Crippen molar-refractivity contribution in [3.05, 3.63) is 68.1 Å². The van der Waals surface area contributed by atoms with Gasteiger partial charge in [0.05, 0.1) is 35.9 Å². The summed E-state index contributed by atoms with van der Waals surface area (Å²) in [7, 11) is 1.38. The number of H-pyrrole nitrogens is 1. The highest BCUT2D eigenvalue weighted by molar-refractivity contribution is 8.00. The van der Waals surface area contributed by atoms with E-state index in [2.05, 4.69) is 4.98 Å². The number of nitrogens with one attached hydrogen (secondary N) is 1. The van der Waals surface area contributed by atoms with Gasteiger partial charge >= 0.3 is 17.0 Å². The van der Waals surface area contributed by atoms with Crippen molar-refractivity contribution in [2.45, 2.75) is 29.3 Å². The summed E-state index contributed by atoms with van der Waals surface area (Å²) in [5.41, 5.74) is -0.661. The zero-order valence-electron chi connectivity index (χ0n) is 20.9. The average Bonchev–Trinajstić information content (AvgIpc) is 3.41. The van der Waals surface area contributed by atoms with Crippen LogP contribution >= 0.6 is 23.1 Å². The lowest BCUT2D eigenvalue weighted by atomic mass is 9.83. The van der Waals surface area contributed by atoms with Crippen LogP contribution in [-0.2, 0) is 25.3 Å². The van der Waals surface area contributed by atoms with Gasteiger partial charge in [0.1, 0.15) is 5.25 Å². The number of fused-ring (bicyclic) bond motifs is 2. The number of nitrogens with zero attached hydrogens (tertiary/aromatic N) is 1. The molecule has 3 heterocycles. The number of aromatic amines is 1. The molecule has 14 heteroatoms. The van der Waals surface area contributed by atoms with E-state index in [1.807, 2.05) is 0 Å². The number of alkyl halides is 3. The molecule has 2 aliphatic rings. The van der Waals surface area contributed by atoms with Crippen molar-refractivity contribution in [3.63, 3.8) is 0 Å². The lowest BCUT2D eigenvalue weighted by Crippen LogP contribution is -2.32. The molecular weight excluding hydrogens is 573 g/mol. The van der Waals surface area contributed by atoms with Gasteiger partial charge in [-0.05, 0) is 42.8 Å². The number of amides is 2. The number of carbonyl (C=O) groups excluding carboxylic acids is 3.